The first-order valence-electron chi connectivity index (χ1n) is 11.7. The van der Waals surface area contributed by atoms with E-state index in [1.807, 2.05) is 48.9 Å². The fraction of sp³-hybridized carbons (Fsp3) is 0.222. The van der Waals surface area contributed by atoms with E-state index in [0.717, 1.165) is 17.7 Å². The number of amides is 2. The molecule has 0 fully saturated rings. The zero-order valence-electron chi connectivity index (χ0n) is 20.2. The Hall–Kier alpha value is -3.56. The van der Waals surface area contributed by atoms with Crippen LogP contribution in [0.25, 0.3) is 0 Å². The monoisotopic (exact) mass is 541 g/mol. The fourth-order valence-corrected chi connectivity index (χ4v) is 5.33. The van der Waals surface area contributed by atoms with Crippen LogP contribution in [0.1, 0.15) is 31.4 Å². The van der Waals surface area contributed by atoms with Crippen molar-refractivity contribution in [3.63, 3.8) is 0 Å². The third-order valence-electron chi connectivity index (χ3n) is 6.20. The molecule has 1 unspecified atom stereocenters. The molecule has 0 saturated carbocycles. The zero-order valence-corrected chi connectivity index (χ0v) is 21.8. The van der Waals surface area contributed by atoms with Crippen LogP contribution in [-0.2, 0) is 19.6 Å². The van der Waals surface area contributed by atoms with Crippen molar-refractivity contribution < 1.29 is 22.4 Å². The highest BCUT2D eigenvalue weighted by atomic mass is 35.5. The lowest BCUT2D eigenvalue weighted by Crippen LogP contribution is -2.47. The second-order valence-corrected chi connectivity index (χ2v) is 10.8. The highest BCUT2D eigenvalue weighted by Gasteiger charge is 2.36. The molecule has 3 aromatic carbocycles. The smallest absolute Gasteiger partial charge is 0.267 e. The maximum Gasteiger partial charge on any atom is 0.267 e. The molecule has 1 aliphatic rings. The number of hydrogen-bond donors (Lipinski definition) is 1. The van der Waals surface area contributed by atoms with Crippen LogP contribution >= 0.6 is 11.6 Å². The SMILES string of the molecule is CC[C@H](C)C1N=C(c2ccccc2)c2cc(Cl)ccc2N(CC(=O)NS(=O)(=O)c2ccccc2F)C1=O. The molecule has 1 N–H and O–H groups in total. The maximum absolute atomic E-state index is 14.1. The molecule has 2 amide bonds. The van der Waals surface area contributed by atoms with Gasteiger partial charge < -0.3 is 4.90 Å². The molecule has 0 spiro atoms. The van der Waals surface area contributed by atoms with Gasteiger partial charge in [-0.1, -0.05) is 74.3 Å². The van der Waals surface area contributed by atoms with Gasteiger partial charge in [0, 0.05) is 16.1 Å². The lowest BCUT2D eigenvalue weighted by Gasteiger charge is -2.26. The number of hydrogen-bond acceptors (Lipinski definition) is 5. The van der Waals surface area contributed by atoms with E-state index in [2.05, 4.69) is 0 Å². The van der Waals surface area contributed by atoms with Crippen molar-refractivity contribution in [3.05, 3.63) is 94.8 Å². The third-order valence-corrected chi connectivity index (χ3v) is 7.84. The Morgan fingerprint density at radius 1 is 1.11 bits per heavy atom. The molecule has 0 aromatic heterocycles. The van der Waals surface area contributed by atoms with E-state index < -0.39 is 45.1 Å². The van der Waals surface area contributed by atoms with Crippen LogP contribution < -0.4 is 9.62 Å². The summed E-state index contributed by atoms with van der Waals surface area (Å²) in [6, 6.07) is 18.0. The van der Waals surface area contributed by atoms with Crippen LogP contribution in [0.5, 0.6) is 0 Å². The van der Waals surface area contributed by atoms with Crippen molar-refractivity contribution in [3.8, 4) is 0 Å². The zero-order chi connectivity index (χ0) is 26.7. The van der Waals surface area contributed by atoms with Gasteiger partial charge in [-0.2, -0.15) is 0 Å². The van der Waals surface area contributed by atoms with Crippen LogP contribution in [0, 0.1) is 11.7 Å². The minimum atomic E-state index is -4.50. The summed E-state index contributed by atoms with van der Waals surface area (Å²) in [6.07, 6.45) is 0.640. The van der Waals surface area contributed by atoms with Crippen molar-refractivity contribution in [2.45, 2.75) is 31.2 Å². The summed E-state index contributed by atoms with van der Waals surface area (Å²) in [5, 5.41) is 0.406. The largest absolute Gasteiger partial charge is 0.300 e. The normalized spacial score (nSPS) is 16.4. The van der Waals surface area contributed by atoms with E-state index >= 15 is 0 Å². The molecule has 0 radical (unpaired) electrons. The quantitative estimate of drug-likeness (QED) is 0.473. The van der Waals surface area contributed by atoms with Gasteiger partial charge in [-0.15, -0.1) is 0 Å². The van der Waals surface area contributed by atoms with Gasteiger partial charge in [-0.05, 0) is 36.2 Å². The predicted octanol–water partition coefficient (Wildman–Crippen LogP) is 4.58. The number of aliphatic imine (C=N–C) groups is 1. The highest BCUT2D eigenvalue weighted by molar-refractivity contribution is 7.90. The minimum Gasteiger partial charge on any atom is -0.300 e. The Morgan fingerprint density at radius 3 is 2.46 bits per heavy atom. The molecule has 2 atom stereocenters. The Kier molecular flexibility index (Phi) is 7.75. The van der Waals surface area contributed by atoms with Crippen LogP contribution in [0.3, 0.4) is 0 Å². The number of carbonyl (C=O) groups is 2. The van der Waals surface area contributed by atoms with Crippen molar-refractivity contribution in [1.82, 2.24) is 4.72 Å². The second-order valence-electron chi connectivity index (χ2n) is 8.72. The fourth-order valence-electron chi connectivity index (χ4n) is 4.10. The Balaban J connectivity index is 1.77. The first kappa shape index (κ1) is 26.5. The molecule has 7 nitrogen and oxygen atoms in total. The van der Waals surface area contributed by atoms with Gasteiger partial charge in [0.25, 0.3) is 21.8 Å². The van der Waals surface area contributed by atoms with Gasteiger partial charge in [0.15, 0.2) is 0 Å². The number of halogens is 2. The van der Waals surface area contributed by atoms with Gasteiger partial charge in [0.1, 0.15) is 23.3 Å². The lowest BCUT2D eigenvalue weighted by molar-refractivity contribution is -0.124. The topological polar surface area (TPSA) is 95.9 Å². The summed E-state index contributed by atoms with van der Waals surface area (Å²) in [5.74, 6) is -2.62. The van der Waals surface area contributed by atoms with Crippen LogP contribution in [0.4, 0.5) is 10.1 Å². The van der Waals surface area contributed by atoms with E-state index in [1.165, 1.54) is 17.0 Å². The number of carbonyl (C=O) groups excluding carboxylic acids is 2. The molecule has 1 aliphatic heterocycles. The molecule has 0 aliphatic carbocycles. The van der Waals surface area contributed by atoms with Crippen molar-refractivity contribution in [1.29, 1.82) is 0 Å². The number of anilines is 1. The van der Waals surface area contributed by atoms with E-state index in [9.17, 15) is 22.4 Å². The number of nitrogens with one attached hydrogen (secondary N) is 1. The summed E-state index contributed by atoms with van der Waals surface area (Å²) in [6.45, 7) is 3.20. The molecule has 0 saturated heterocycles. The van der Waals surface area contributed by atoms with Crippen LogP contribution in [0.2, 0.25) is 5.02 Å². The summed E-state index contributed by atoms with van der Waals surface area (Å²) < 4.78 is 41.4. The van der Waals surface area contributed by atoms with Gasteiger partial charge in [0.05, 0.1) is 11.4 Å². The molecule has 37 heavy (non-hydrogen) atoms. The Labute approximate surface area is 220 Å². The van der Waals surface area contributed by atoms with Crippen LogP contribution in [-0.4, -0.2) is 38.5 Å². The summed E-state index contributed by atoms with van der Waals surface area (Å²) in [4.78, 5) is 32.2. The average molecular weight is 542 g/mol. The average Bonchev–Trinajstić information content (AvgIpc) is 2.98. The number of benzodiazepines with no additional fused rings is 1. The Bertz CT molecular complexity index is 1480. The number of rotatable bonds is 7. The number of nitrogens with zero attached hydrogens (tertiary/aromatic N) is 2. The summed E-state index contributed by atoms with van der Waals surface area (Å²) >= 11 is 6.32. The van der Waals surface area contributed by atoms with Gasteiger partial charge in [-0.3, -0.25) is 14.6 Å². The molecule has 192 valence electrons. The third kappa shape index (κ3) is 5.57. The molecule has 10 heteroatoms. The van der Waals surface area contributed by atoms with E-state index in [0.29, 0.717) is 28.4 Å². The van der Waals surface area contributed by atoms with E-state index in [4.69, 9.17) is 16.6 Å². The van der Waals surface area contributed by atoms with Crippen molar-refractivity contribution >= 4 is 44.8 Å². The minimum absolute atomic E-state index is 0.177. The maximum atomic E-state index is 14.1. The Morgan fingerprint density at radius 2 is 1.78 bits per heavy atom. The molecule has 1 heterocycles. The highest BCUT2D eigenvalue weighted by Crippen LogP contribution is 2.33. The van der Waals surface area contributed by atoms with Crippen LogP contribution in [0.15, 0.2) is 82.7 Å². The van der Waals surface area contributed by atoms with Gasteiger partial charge in [-0.25, -0.2) is 17.5 Å². The van der Waals surface area contributed by atoms with Crippen molar-refractivity contribution in [2.75, 3.05) is 11.4 Å². The molecular weight excluding hydrogens is 517 g/mol. The van der Waals surface area contributed by atoms with Gasteiger partial charge >= 0.3 is 0 Å². The summed E-state index contributed by atoms with van der Waals surface area (Å²) in [5.41, 5.74) is 2.20. The molecule has 4 rings (SSSR count). The second kappa shape index (κ2) is 10.8. The number of benzene rings is 3. The first-order chi connectivity index (χ1) is 17.6. The number of fused-ring (bicyclic) bond motifs is 1. The molecular formula is C27H25ClFN3O4S. The summed E-state index contributed by atoms with van der Waals surface area (Å²) in [7, 11) is -4.50. The van der Waals surface area contributed by atoms with Crippen molar-refractivity contribution in [2.24, 2.45) is 10.9 Å². The van der Waals surface area contributed by atoms with E-state index in [1.54, 1.807) is 18.2 Å². The molecule has 0 bridgehead atoms. The predicted molar refractivity (Wildman–Crippen MR) is 141 cm³/mol. The number of sulfonamides is 1. The standard InChI is InChI=1S/C27H25ClFN3O4S/c1-3-17(2)25-27(34)32(16-24(33)31-37(35,36)23-12-8-7-11-21(23)29)22-14-13-19(28)15-20(22)26(30-25)18-9-5-4-6-10-18/h4-15,17,25H,3,16H2,1-2H3,(H,31,33)/t17-,25?/m0/s1. The molecule has 3 aromatic rings. The van der Waals surface area contributed by atoms with E-state index in [-0.39, 0.29) is 5.92 Å². The first-order valence-corrected chi connectivity index (χ1v) is 13.5. The van der Waals surface area contributed by atoms with Gasteiger partial charge in [0.2, 0.25) is 0 Å². The lowest BCUT2D eigenvalue weighted by atomic mass is 9.98.